The minimum absolute atomic E-state index is 0.0672. The predicted octanol–water partition coefficient (Wildman–Crippen LogP) is 4.70. The van der Waals surface area contributed by atoms with Gasteiger partial charge in [0.1, 0.15) is 5.02 Å². The van der Waals surface area contributed by atoms with Crippen LogP contribution in [0, 0.1) is 0 Å². The van der Waals surface area contributed by atoms with Gasteiger partial charge < -0.3 is 5.32 Å². The molecule has 0 aliphatic carbocycles. The van der Waals surface area contributed by atoms with Crippen LogP contribution in [-0.2, 0) is 6.54 Å². The van der Waals surface area contributed by atoms with Crippen LogP contribution in [0.3, 0.4) is 0 Å². The quantitative estimate of drug-likeness (QED) is 0.665. The van der Waals surface area contributed by atoms with Crippen molar-refractivity contribution in [2.45, 2.75) is 39.3 Å². The summed E-state index contributed by atoms with van der Waals surface area (Å²) in [6.07, 6.45) is 1.60. The van der Waals surface area contributed by atoms with Gasteiger partial charge in [-0.3, -0.25) is 4.79 Å². The predicted molar refractivity (Wildman–Crippen MR) is 107 cm³/mol. The molecular formula is C19H21ClN4OS. The van der Waals surface area contributed by atoms with Gasteiger partial charge in [0.2, 0.25) is 0 Å². The minimum Gasteiger partial charge on any atom is -0.374 e. The third-order valence-corrected chi connectivity index (χ3v) is 5.54. The van der Waals surface area contributed by atoms with Crippen molar-refractivity contribution in [3.05, 3.63) is 73.6 Å². The van der Waals surface area contributed by atoms with Crippen molar-refractivity contribution in [3.63, 3.8) is 0 Å². The van der Waals surface area contributed by atoms with Crippen LogP contribution < -0.4 is 10.9 Å². The van der Waals surface area contributed by atoms with Gasteiger partial charge in [0.15, 0.2) is 0 Å². The Labute approximate surface area is 161 Å². The van der Waals surface area contributed by atoms with E-state index >= 15 is 0 Å². The molecule has 1 atom stereocenters. The lowest BCUT2D eigenvalue weighted by molar-refractivity contribution is 0.639. The summed E-state index contributed by atoms with van der Waals surface area (Å²) in [5, 5.41) is 10.8. The Morgan fingerprint density at radius 1 is 1.23 bits per heavy atom. The minimum atomic E-state index is -0.311. The smallest absolute Gasteiger partial charge is 0.287 e. The zero-order valence-electron chi connectivity index (χ0n) is 14.9. The number of benzene rings is 1. The first-order valence-electron chi connectivity index (χ1n) is 8.47. The van der Waals surface area contributed by atoms with E-state index in [9.17, 15) is 4.79 Å². The fourth-order valence-corrected chi connectivity index (χ4v) is 3.64. The second-order valence-corrected chi connectivity index (χ2v) is 7.72. The summed E-state index contributed by atoms with van der Waals surface area (Å²) in [5.41, 5.74) is 2.14. The molecule has 2 aromatic heterocycles. The zero-order valence-corrected chi connectivity index (χ0v) is 16.5. The topological polar surface area (TPSA) is 59.8 Å². The molecule has 3 aromatic rings. The molecule has 3 rings (SSSR count). The van der Waals surface area contributed by atoms with Gasteiger partial charge in [-0.2, -0.15) is 5.10 Å². The van der Waals surface area contributed by atoms with Crippen molar-refractivity contribution in [1.29, 1.82) is 0 Å². The third-order valence-electron chi connectivity index (χ3n) is 4.01. The summed E-state index contributed by atoms with van der Waals surface area (Å²) in [4.78, 5) is 17.2. The molecule has 0 spiro atoms. The fourth-order valence-electron chi connectivity index (χ4n) is 2.51. The number of hydrogen-bond donors (Lipinski definition) is 1. The van der Waals surface area contributed by atoms with Gasteiger partial charge in [0.25, 0.3) is 5.56 Å². The van der Waals surface area contributed by atoms with E-state index in [1.54, 1.807) is 17.5 Å². The number of hydrogen-bond acceptors (Lipinski definition) is 5. The van der Waals surface area contributed by atoms with Crippen molar-refractivity contribution in [3.8, 4) is 0 Å². The first-order valence-corrected chi connectivity index (χ1v) is 9.73. The molecule has 0 radical (unpaired) electrons. The maximum Gasteiger partial charge on any atom is 0.287 e. The third kappa shape index (κ3) is 4.14. The van der Waals surface area contributed by atoms with E-state index in [0.717, 1.165) is 16.3 Å². The first-order chi connectivity index (χ1) is 12.5. The summed E-state index contributed by atoms with van der Waals surface area (Å²) in [7, 11) is 0. The van der Waals surface area contributed by atoms with Crippen molar-refractivity contribution < 1.29 is 0 Å². The summed E-state index contributed by atoms with van der Waals surface area (Å²) in [6, 6.07) is 9.62. The van der Waals surface area contributed by atoms with E-state index in [0.29, 0.717) is 18.2 Å². The Hall–Kier alpha value is -2.18. The number of nitrogens with zero attached hydrogens (tertiary/aromatic N) is 3. The van der Waals surface area contributed by atoms with E-state index in [2.05, 4.69) is 29.2 Å². The second kappa shape index (κ2) is 8.01. The Bertz CT molecular complexity index is 936. The Morgan fingerprint density at radius 3 is 2.62 bits per heavy atom. The standard InChI is InChI=1S/C19H21ClN4OS/c1-12(2)18-23-16(11-26-18)13(3)22-15-9-21-24(19(25)17(15)20)10-14-7-5-4-6-8-14/h4-9,11-13,22H,10H2,1-3H3. The van der Waals surface area contributed by atoms with Crippen LogP contribution in [-0.4, -0.2) is 14.8 Å². The molecule has 0 saturated heterocycles. The number of rotatable bonds is 6. The van der Waals surface area contributed by atoms with Crippen LogP contribution in [0.2, 0.25) is 5.02 Å². The van der Waals surface area contributed by atoms with Gasteiger partial charge in [-0.05, 0) is 12.5 Å². The highest BCUT2D eigenvalue weighted by Crippen LogP contribution is 2.26. The van der Waals surface area contributed by atoms with Crippen molar-refractivity contribution >= 4 is 28.6 Å². The van der Waals surface area contributed by atoms with Crippen molar-refractivity contribution in [2.75, 3.05) is 5.32 Å². The van der Waals surface area contributed by atoms with Crippen LogP contribution in [0.4, 0.5) is 5.69 Å². The Kier molecular flexibility index (Phi) is 5.74. The Morgan fingerprint density at radius 2 is 1.96 bits per heavy atom. The van der Waals surface area contributed by atoms with Gasteiger partial charge >= 0.3 is 0 Å². The van der Waals surface area contributed by atoms with E-state index < -0.39 is 0 Å². The monoisotopic (exact) mass is 388 g/mol. The lowest BCUT2D eigenvalue weighted by Gasteiger charge is -2.15. The van der Waals surface area contributed by atoms with Gasteiger partial charge in [0, 0.05) is 11.3 Å². The van der Waals surface area contributed by atoms with Crippen LogP contribution >= 0.6 is 22.9 Å². The van der Waals surface area contributed by atoms with Crippen LogP contribution in [0.25, 0.3) is 0 Å². The molecule has 0 aliphatic heterocycles. The molecular weight excluding hydrogens is 368 g/mol. The van der Waals surface area contributed by atoms with Crippen LogP contribution in [0.5, 0.6) is 0 Å². The molecule has 1 unspecified atom stereocenters. The molecule has 0 fully saturated rings. The Balaban J connectivity index is 1.78. The molecule has 2 heterocycles. The van der Waals surface area contributed by atoms with E-state index in [-0.39, 0.29) is 16.6 Å². The van der Waals surface area contributed by atoms with E-state index in [4.69, 9.17) is 11.6 Å². The maximum absolute atomic E-state index is 12.5. The molecule has 1 aromatic carbocycles. The highest BCUT2D eigenvalue weighted by Gasteiger charge is 2.15. The number of anilines is 1. The van der Waals surface area contributed by atoms with Gasteiger partial charge in [0.05, 0.1) is 35.2 Å². The molecule has 5 nitrogen and oxygen atoms in total. The molecule has 0 bridgehead atoms. The summed E-state index contributed by atoms with van der Waals surface area (Å²) in [6.45, 7) is 6.62. The molecule has 26 heavy (non-hydrogen) atoms. The highest BCUT2D eigenvalue weighted by molar-refractivity contribution is 7.09. The van der Waals surface area contributed by atoms with Crippen LogP contribution in [0.1, 0.15) is 49.0 Å². The number of aromatic nitrogens is 3. The lowest BCUT2D eigenvalue weighted by atomic mass is 10.2. The second-order valence-electron chi connectivity index (χ2n) is 6.45. The molecule has 0 saturated carbocycles. The molecule has 7 heteroatoms. The number of nitrogens with one attached hydrogen (secondary N) is 1. The summed E-state index contributed by atoms with van der Waals surface area (Å²) >= 11 is 7.94. The van der Waals surface area contributed by atoms with Crippen molar-refractivity contribution in [1.82, 2.24) is 14.8 Å². The summed E-state index contributed by atoms with van der Waals surface area (Å²) in [5.74, 6) is 0.396. The lowest BCUT2D eigenvalue weighted by Crippen LogP contribution is -2.25. The highest BCUT2D eigenvalue weighted by atomic mass is 35.5. The number of thiazole rings is 1. The largest absolute Gasteiger partial charge is 0.374 e. The molecule has 136 valence electrons. The SMILES string of the molecule is CC(C)c1nc(C(C)Nc2cnn(Cc3ccccc3)c(=O)c2Cl)cs1. The van der Waals surface area contributed by atoms with Crippen molar-refractivity contribution in [2.24, 2.45) is 0 Å². The first kappa shape index (κ1) is 18.6. The van der Waals surface area contributed by atoms with Gasteiger partial charge in [-0.25, -0.2) is 9.67 Å². The van der Waals surface area contributed by atoms with E-state index in [1.165, 1.54) is 4.68 Å². The van der Waals surface area contributed by atoms with E-state index in [1.807, 2.05) is 42.6 Å². The molecule has 0 aliphatic rings. The van der Waals surface area contributed by atoms with Crippen LogP contribution in [0.15, 0.2) is 46.7 Å². The van der Waals surface area contributed by atoms with Gasteiger partial charge in [-0.15, -0.1) is 11.3 Å². The average molecular weight is 389 g/mol. The average Bonchev–Trinajstić information content (AvgIpc) is 3.13. The molecule has 0 amide bonds. The molecule has 1 N–H and O–H groups in total. The maximum atomic E-state index is 12.5. The zero-order chi connectivity index (χ0) is 18.7. The summed E-state index contributed by atoms with van der Waals surface area (Å²) < 4.78 is 1.37. The van der Waals surface area contributed by atoms with Gasteiger partial charge in [-0.1, -0.05) is 55.8 Å². The number of halogens is 1. The normalized spacial score (nSPS) is 12.3. The fraction of sp³-hybridized carbons (Fsp3) is 0.316.